The molecule has 0 saturated carbocycles. The van der Waals surface area contributed by atoms with Gasteiger partial charge >= 0.3 is 0 Å². The molecule has 0 aliphatic rings. The number of para-hydroxylation sites is 1. The van der Waals surface area contributed by atoms with Gasteiger partial charge in [0.1, 0.15) is 12.1 Å². The number of amides is 1. The van der Waals surface area contributed by atoms with E-state index in [0.29, 0.717) is 11.6 Å². The average molecular weight is 500 g/mol. The van der Waals surface area contributed by atoms with Gasteiger partial charge < -0.3 is 14.8 Å². The highest BCUT2D eigenvalue weighted by Crippen LogP contribution is 2.31. The predicted octanol–water partition coefficient (Wildman–Crippen LogP) is 4.81. The highest BCUT2D eigenvalue weighted by atomic mass is 35.5. The number of fused-ring (bicyclic) bond motifs is 1. The van der Waals surface area contributed by atoms with Crippen LogP contribution in [0.5, 0.6) is 0 Å². The summed E-state index contributed by atoms with van der Waals surface area (Å²) in [5, 5.41) is 9.08. The number of rotatable bonds is 8. The van der Waals surface area contributed by atoms with Crippen LogP contribution < -0.4 is 4.90 Å². The average Bonchev–Trinajstić information content (AvgIpc) is 3.55. The number of nitrogens with zero attached hydrogens (tertiary/aromatic N) is 6. The minimum absolute atomic E-state index is 0.0489. The summed E-state index contributed by atoms with van der Waals surface area (Å²) in [7, 11) is 3.99. The van der Waals surface area contributed by atoms with Gasteiger partial charge in [-0.1, -0.05) is 53.2 Å². The second-order valence-corrected chi connectivity index (χ2v) is 9.28. The van der Waals surface area contributed by atoms with Crippen LogP contribution in [0.2, 0.25) is 5.02 Å². The number of H-pyrrole nitrogens is 1. The molecule has 182 valence electrons. The Labute approximate surface area is 214 Å². The fraction of sp³-hybridized carbons (Fsp3) is 0.185. The molecule has 2 heterocycles. The number of carbonyl (C=O) groups is 1. The lowest BCUT2D eigenvalue weighted by molar-refractivity contribution is -0.119. The zero-order valence-corrected chi connectivity index (χ0v) is 20.8. The molecule has 9 heteroatoms. The Bertz CT molecular complexity index is 1460. The van der Waals surface area contributed by atoms with E-state index in [9.17, 15) is 4.79 Å². The Morgan fingerprint density at radius 2 is 1.86 bits per heavy atom. The molecule has 1 atom stereocenters. The third-order valence-corrected chi connectivity index (χ3v) is 6.25. The van der Waals surface area contributed by atoms with Gasteiger partial charge in [-0.05, 0) is 61.6 Å². The molecule has 1 unspecified atom stereocenters. The number of hydrogen-bond donors (Lipinski definition) is 1. The molecule has 8 nitrogen and oxygen atoms in total. The van der Waals surface area contributed by atoms with Gasteiger partial charge in [-0.25, -0.2) is 9.67 Å². The molecule has 0 spiro atoms. The molecule has 1 amide bonds. The summed E-state index contributed by atoms with van der Waals surface area (Å²) in [5.74, 6) is -0.105. The smallest absolute Gasteiger partial charge is 0.249 e. The topological polar surface area (TPSA) is 82.9 Å². The van der Waals surface area contributed by atoms with Crippen molar-refractivity contribution in [3.63, 3.8) is 0 Å². The first-order valence-electron chi connectivity index (χ1n) is 11.6. The number of imidazole rings is 1. The van der Waals surface area contributed by atoms with Crippen LogP contribution in [0.4, 0.5) is 5.69 Å². The van der Waals surface area contributed by atoms with E-state index in [-0.39, 0.29) is 18.5 Å². The van der Waals surface area contributed by atoms with Crippen molar-refractivity contribution in [3.8, 4) is 11.3 Å². The fourth-order valence-electron chi connectivity index (χ4n) is 4.35. The molecule has 3 aromatic carbocycles. The van der Waals surface area contributed by atoms with Crippen LogP contribution in [-0.2, 0) is 11.3 Å². The van der Waals surface area contributed by atoms with Crippen LogP contribution in [0.15, 0.2) is 85.3 Å². The number of halogens is 1. The summed E-state index contributed by atoms with van der Waals surface area (Å²) in [5.41, 5.74) is 5.18. The monoisotopic (exact) mass is 499 g/mol. The van der Waals surface area contributed by atoms with Crippen molar-refractivity contribution in [2.45, 2.75) is 12.6 Å². The van der Waals surface area contributed by atoms with Crippen molar-refractivity contribution < 1.29 is 4.79 Å². The van der Waals surface area contributed by atoms with E-state index in [2.05, 4.69) is 25.2 Å². The molecular weight excluding hydrogens is 474 g/mol. The summed E-state index contributed by atoms with van der Waals surface area (Å²) in [6.45, 7) is 0.653. The summed E-state index contributed by atoms with van der Waals surface area (Å²) < 4.78 is 1.65. The van der Waals surface area contributed by atoms with E-state index >= 15 is 0 Å². The lowest BCUT2D eigenvalue weighted by atomic mass is 10.0. The molecule has 36 heavy (non-hydrogen) atoms. The van der Waals surface area contributed by atoms with E-state index in [0.717, 1.165) is 33.5 Å². The number of aromatic amines is 1. The maximum atomic E-state index is 14.0. The minimum Gasteiger partial charge on any atom is -0.345 e. The Morgan fingerprint density at radius 3 is 2.58 bits per heavy atom. The van der Waals surface area contributed by atoms with Gasteiger partial charge in [0.2, 0.25) is 5.91 Å². The summed E-state index contributed by atoms with van der Waals surface area (Å²) in [4.78, 5) is 25.1. The summed E-state index contributed by atoms with van der Waals surface area (Å²) in [6.07, 6.45) is 3.42. The molecular formula is C27H26ClN7O. The molecule has 0 fully saturated rings. The SMILES string of the molecule is CN(C)CC(c1cccc(Cl)c1)N(C(=O)Cn1nnc2ccccc21)c1ccc(-c2cnc[nH]2)cc1. The molecule has 0 aliphatic carbocycles. The highest BCUT2D eigenvalue weighted by molar-refractivity contribution is 6.30. The molecule has 5 rings (SSSR count). The lowest BCUT2D eigenvalue weighted by Gasteiger charge is -2.34. The predicted molar refractivity (Wildman–Crippen MR) is 142 cm³/mol. The summed E-state index contributed by atoms with van der Waals surface area (Å²) in [6, 6.07) is 22.9. The van der Waals surface area contributed by atoms with Crippen molar-refractivity contribution in [2.24, 2.45) is 0 Å². The van der Waals surface area contributed by atoms with Gasteiger partial charge in [-0.15, -0.1) is 5.10 Å². The van der Waals surface area contributed by atoms with Gasteiger partial charge in [-0.2, -0.15) is 0 Å². The number of benzene rings is 3. The second-order valence-electron chi connectivity index (χ2n) is 8.84. The second kappa shape index (κ2) is 10.3. The summed E-state index contributed by atoms with van der Waals surface area (Å²) >= 11 is 6.37. The van der Waals surface area contributed by atoms with Crippen molar-refractivity contribution >= 4 is 34.2 Å². The van der Waals surface area contributed by atoms with Crippen LogP contribution in [-0.4, -0.2) is 56.4 Å². The van der Waals surface area contributed by atoms with Gasteiger partial charge in [0.25, 0.3) is 0 Å². The maximum Gasteiger partial charge on any atom is 0.249 e. The van der Waals surface area contributed by atoms with Gasteiger partial charge in [-0.3, -0.25) is 4.79 Å². The first-order valence-corrected chi connectivity index (χ1v) is 12.0. The molecule has 0 radical (unpaired) electrons. The van der Waals surface area contributed by atoms with E-state index in [4.69, 9.17) is 11.6 Å². The van der Waals surface area contributed by atoms with Gasteiger partial charge in [0.15, 0.2) is 0 Å². The van der Waals surface area contributed by atoms with Crippen LogP contribution in [0, 0.1) is 0 Å². The van der Waals surface area contributed by atoms with Crippen LogP contribution in [0.25, 0.3) is 22.3 Å². The van der Waals surface area contributed by atoms with Gasteiger partial charge in [0.05, 0.1) is 29.8 Å². The fourth-order valence-corrected chi connectivity index (χ4v) is 4.55. The quantitative estimate of drug-likeness (QED) is 0.331. The number of nitrogens with one attached hydrogen (secondary N) is 1. The van der Waals surface area contributed by atoms with E-state index in [1.807, 2.05) is 91.8 Å². The minimum atomic E-state index is -0.279. The normalized spacial score (nSPS) is 12.2. The lowest BCUT2D eigenvalue weighted by Crippen LogP contribution is -2.41. The van der Waals surface area contributed by atoms with Crippen LogP contribution >= 0.6 is 11.6 Å². The number of carbonyl (C=O) groups excluding carboxylic acids is 1. The Kier molecular flexibility index (Phi) is 6.79. The van der Waals surface area contributed by atoms with Crippen molar-refractivity contribution in [1.29, 1.82) is 0 Å². The standard InChI is InChI=1S/C27H26ClN7O/c1-33(2)16-26(20-6-5-7-21(28)14-20)35(22-12-10-19(11-13-22)24-15-29-18-30-24)27(36)17-34-25-9-4-3-8-23(25)31-32-34/h3-15,18,26H,16-17H2,1-2H3,(H,29,30). The van der Waals surface area contributed by atoms with Crippen molar-refractivity contribution in [2.75, 3.05) is 25.5 Å². The van der Waals surface area contributed by atoms with Gasteiger partial charge in [0, 0.05) is 17.3 Å². The van der Waals surface area contributed by atoms with Crippen LogP contribution in [0.3, 0.4) is 0 Å². The van der Waals surface area contributed by atoms with Crippen molar-refractivity contribution in [1.82, 2.24) is 29.9 Å². The molecule has 0 bridgehead atoms. The number of hydrogen-bond acceptors (Lipinski definition) is 5. The third-order valence-electron chi connectivity index (χ3n) is 6.01. The van der Waals surface area contributed by atoms with Crippen LogP contribution in [0.1, 0.15) is 11.6 Å². The largest absolute Gasteiger partial charge is 0.345 e. The van der Waals surface area contributed by atoms with E-state index in [1.54, 1.807) is 17.2 Å². The van der Waals surface area contributed by atoms with E-state index in [1.165, 1.54) is 0 Å². The molecule has 0 aliphatic heterocycles. The Balaban J connectivity index is 1.57. The number of likely N-dealkylation sites (N-methyl/N-ethyl adjacent to an activating group) is 1. The Hall–Kier alpha value is -4.01. The molecule has 2 aromatic heterocycles. The number of anilines is 1. The first-order chi connectivity index (χ1) is 17.5. The molecule has 5 aromatic rings. The maximum absolute atomic E-state index is 14.0. The van der Waals surface area contributed by atoms with E-state index < -0.39 is 0 Å². The zero-order chi connectivity index (χ0) is 25.1. The first kappa shape index (κ1) is 23.7. The molecule has 1 N–H and O–H groups in total. The number of aromatic nitrogens is 5. The Morgan fingerprint density at radius 1 is 1.06 bits per heavy atom. The molecule has 0 saturated heterocycles. The third kappa shape index (κ3) is 5.00. The van der Waals surface area contributed by atoms with Crippen molar-refractivity contribution in [3.05, 3.63) is 95.9 Å². The zero-order valence-electron chi connectivity index (χ0n) is 20.0. The highest BCUT2D eigenvalue weighted by Gasteiger charge is 2.28.